The number of aromatic hydroxyl groups is 1. The van der Waals surface area contributed by atoms with E-state index in [2.05, 4.69) is 10.6 Å². The van der Waals surface area contributed by atoms with E-state index in [1.54, 1.807) is 18.2 Å². The molecule has 1 aliphatic rings. The number of phenols is 1. The maximum absolute atomic E-state index is 11.6. The maximum atomic E-state index is 11.6. The first-order valence-corrected chi connectivity index (χ1v) is 6.77. The molecule has 1 aromatic rings. The molecule has 0 spiro atoms. The lowest BCUT2D eigenvalue weighted by atomic mass is 10.3. The first kappa shape index (κ1) is 14.2. The molecule has 0 aliphatic carbocycles. The summed E-state index contributed by atoms with van der Waals surface area (Å²) >= 11 is 0. The van der Waals surface area contributed by atoms with Gasteiger partial charge in [0.15, 0.2) is 0 Å². The topological polar surface area (TPSA) is 81.7 Å². The van der Waals surface area contributed by atoms with Crippen molar-refractivity contribution in [1.29, 1.82) is 0 Å². The van der Waals surface area contributed by atoms with Crippen LogP contribution in [-0.4, -0.2) is 41.6 Å². The number of benzene rings is 1. The second kappa shape index (κ2) is 6.79. The highest BCUT2D eigenvalue weighted by molar-refractivity contribution is 5.90. The molecule has 1 aliphatic heterocycles. The van der Waals surface area contributed by atoms with Crippen molar-refractivity contribution in [3.05, 3.63) is 24.3 Å². The number of carbonyl (C=O) groups is 2. The maximum Gasteiger partial charge on any atom is 0.319 e. The Bertz CT molecular complexity index is 490. The summed E-state index contributed by atoms with van der Waals surface area (Å²) in [5.41, 5.74) is 0.375. The van der Waals surface area contributed by atoms with E-state index in [1.165, 1.54) is 6.07 Å². The predicted molar refractivity (Wildman–Crippen MR) is 75.6 cm³/mol. The highest BCUT2D eigenvalue weighted by Gasteiger charge is 2.18. The lowest BCUT2D eigenvalue weighted by molar-refractivity contribution is -0.127. The number of hydrogen-bond acceptors (Lipinski definition) is 3. The largest absolute Gasteiger partial charge is 0.506 e. The molecular formula is C14H19N3O3. The Morgan fingerprint density at radius 2 is 2.15 bits per heavy atom. The number of nitrogens with zero attached hydrogens (tertiary/aromatic N) is 1. The lowest BCUT2D eigenvalue weighted by Gasteiger charge is -2.15. The Morgan fingerprint density at radius 3 is 2.85 bits per heavy atom. The standard InChI is InChI=1S/C14H19N3O3/c18-12-6-2-1-5-11(12)16-14(20)15-8-4-10-17-9-3-7-13(17)19/h1-2,5-6,18H,3-4,7-10H2,(H2,15,16,20). The minimum absolute atomic E-state index is 0.0327. The molecule has 0 unspecified atom stereocenters. The summed E-state index contributed by atoms with van der Waals surface area (Å²) < 4.78 is 0. The van der Waals surface area contributed by atoms with Crippen molar-refractivity contribution in [2.75, 3.05) is 25.0 Å². The Morgan fingerprint density at radius 1 is 1.35 bits per heavy atom. The molecule has 108 valence electrons. The van der Waals surface area contributed by atoms with Crippen molar-refractivity contribution in [2.24, 2.45) is 0 Å². The summed E-state index contributed by atoms with van der Waals surface area (Å²) in [6, 6.07) is 6.19. The number of para-hydroxylation sites is 2. The van der Waals surface area contributed by atoms with Crippen LogP contribution in [0.15, 0.2) is 24.3 Å². The van der Waals surface area contributed by atoms with Crippen LogP contribution in [0.3, 0.4) is 0 Å². The zero-order valence-corrected chi connectivity index (χ0v) is 11.3. The van der Waals surface area contributed by atoms with E-state index in [9.17, 15) is 14.7 Å². The van der Waals surface area contributed by atoms with Crippen molar-refractivity contribution >= 4 is 17.6 Å². The molecule has 1 saturated heterocycles. The molecule has 2 rings (SSSR count). The van der Waals surface area contributed by atoms with Gasteiger partial charge in [-0.15, -0.1) is 0 Å². The number of carbonyl (C=O) groups excluding carboxylic acids is 2. The summed E-state index contributed by atoms with van der Waals surface area (Å²) in [6.45, 7) is 1.99. The van der Waals surface area contributed by atoms with E-state index in [-0.39, 0.29) is 17.7 Å². The van der Waals surface area contributed by atoms with Crippen LogP contribution < -0.4 is 10.6 Å². The molecule has 0 aromatic heterocycles. The Hall–Kier alpha value is -2.24. The fraction of sp³-hybridized carbons (Fsp3) is 0.429. The summed E-state index contributed by atoms with van der Waals surface area (Å²) in [6.07, 6.45) is 2.29. The summed E-state index contributed by atoms with van der Waals surface area (Å²) in [5, 5.41) is 14.8. The highest BCUT2D eigenvalue weighted by Crippen LogP contribution is 2.21. The minimum atomic E-state index is -0.362. The fourth-order valence-corrected chi connectivity index (χ4v) is 2.16. The third-order valence-corrected chi connectivity index (χ3v) is 3.21. The van der Waals surface area contributed by atoms with Crippen LogP contribution in [0.2, 0.25) is 0 Å². The van der Waals surface area contributed by atoms with E-state index in [1.807, 2.05) is 4.90 Å². The van der Waals surface area contributed by atoms with Crippen LogP contribution in [-0.2, 0) is 4.79 Å². The monoisotopic (exact) mass is 277 g/mol. The summed E-state index contributed by atoms with van der Waals surface area (Å²) in [5.74, 6) is 0.231. The number of likely N-dealkylation sites (tertiary alicyclic amines) is 1. The van der Waals surface area contributed by atoms with Crippen LogP contribution >= 0.6 is 0 Å². The Labute approximate surface area is 117 Å². The van der Waals surface area contributed by atoms with Gasteiger partial charge in [-0.3, -0.25) is 4.79 Å². The van der Waals surface area contributed by atoms with E-state index in [0.29, 0.717) is 25.2 Å². The third-order valence-electron chi connectivity index (χ3n) is 3.21. The number of urea groups is 1. The molecule has 0 bridgehead atoms. The highest BCUT2D eigenvalue weighted by atomic mass is 16.3. The van der Waals surface area contributed by atoms with Gasteiger partial charge in [-0.1, -0.05) is 12.1 Å². The van der Waals surface area contributed by atoms with E-state index in [4.69, 9.17) is 0 Å². The molecule has 0 radical (unpaired) electrons. The molecule has 1 fully saturated rings. The number of amides is 3. The molecule has 1 aromatic carbocycles. The Balaban J connectivity index is 1.65. The van der Waals surface area contributed by atoms with Crippen molar-refractivity contribution in [3.8, 4) is 5.75 Å². The lowest BCUT2D eigenvalue weighted by Crippen LogP contribution is -2.33. The first-order valence-electron chi connectivity index (χ1n) is 6.77. The van der Waals surface area contributed by atoms with Gasteiger partial charge in [0, 0.05) is 26.1 Å². The average molecular weight is 277 g/mol. The van der Waals surface area contributed by atoms with Gasteiger partial charge < -0.3 is 20.6 Å². The molecule has 0 atom stereocenters. The summed E-state index contributed by atoms with van der Waals surface area (Å²) in [7, 11) is 0. The molecule has 1 heterocycles. The normalized spacial score (nSPS) is 14.4. The number of nitrogens with one attached hydrogen (secondary N) is 2. The number of rotatable bonds is 5. The molecule has 6 heteroatoms. The van der Waals surface area contributed by atoms with Gasteiger partial charge in [0.05, 0.1) is 5.69 Å². The van der Waals surface area contributed by atoms with Crippen molar-refractivity contribution in [3.63, 3.8) is 0 Å². The van der Waals surface area contributed by atoms with Crippen molar-refractivity contribution < 1.29 is 14.7 Å². The molecule has 3 N–H and O–H groups in total. The van der Waals surface area contributed by atoms with E-state index in [0.717, 1.165) is 19.4 Å². The van der Waals surface area contributed by atoms with Gasteiger partial charge in [-0.2, -0.15) is 0 Å². The molecular weight excluding hydrogens is 258 g/mol. The van der Waals surface area contributed by atoms with Gasteiger partial charge >= 0.3 is 6.03 Å². The fourth-order valence-electron chi connectivity index (χ4n) is 2.16. The second-order valence-electron chi connectivity index (χ2n) is 4.74. The summed E-state index contributed by atoms with van der Waals surface area (Å²) in [4.78, 5) is 24.8. The smallest absolute Gasteiger partial charge is 0.319 e. The third kappa shape index (κ3) is 3.88. The van der Waals surface area contributed by atoms with Crippen LogP contribution in [0.5, 0.6) is 5.75 Å². The SMILES string of the molecule is O=C(NCCCN1CCCC1=O)Nc1ccccc1O. The van der Waals surface area contributed by atoms with Crippen LogP contribution in [0.25, 0.3) is 0 Å². The molecule has 0 saturated carbocycles. The minimum Gasteiger partial charge on any atom is -0.506 e. The zero-order chi connectivity index (χ0) is 14.4. The first-order chi connectivity index (χ1) is 9.66. The second-order valence-corrected chi connectivity index (χ2v) is 4.74. The number of phenolic OH excluding ortho intramolecular Hbond substituents is 1. The van der Waals surface area contributed by atoms with Gasteiger partial charge in [-0.25, -0.2) is 4.79 Å². The van der Waals surface area contributed by atoms with Crippen molar-refractivity contribution in [1.82, 2.24) is 10.2 Å². The van der Waals surface area contributed by atoms with Gasteiger partial charge in [0.1, 0.15) is 5.75 Å². The van der Waals surface area contributed by atoms with Gasteiger partial charge in [-0.05, 0) is 25.0 Å². The zero-order valence-electron chi connectivity index (χ0n) is 11.3. The van der Waals surface area contributed by atoms with Crippen LogP contribution in [0.1, 0.15) is 19.3 Å². The molecule has 6 nitrogen and oxygen atoms in total. The predicted octanol–water partition coefficient (Wildman–Crippen LogP) is 1.53. The van der Waals surface area contributed by atoms with Gasteiger partial charge in [0.25, 0.3) is 0 Å². The van der Waals surface area contributed by atoms with E-state index >= 15 is 0 Å². The van der Waals surface area contributed by atoms with Crippen LogP contribution in [0, 0.1) is 0 Å². The molecule has 3 amide bonds. The van der Waals surface area contributed by atoms with Crippen LogP contribution in [0.4, 0.5) is 10.5 Å². The number of anilines is 1. The average Bonchev–Trinajstić information content (AvgIpc) is 2.83. The van der Waals surface area contributed by atoms with Crippen molar-refractivity contribution in [2.45, 2.75) is 19.3 Å². The number of hydrogen-bond donors (Lipinski definition) is 3. The van der Waals surface area contributed by atoms with Gasteiger partial charge in [0.2, 0.25) is 5.91 Å². The molecule has 20 heavy (non-hydrogen) atoms. The Kier molecular flexibility index (Phi) is 4.81. The van der Waals surface area contributed by atoms with E-state index < -0.39 is 0 Å². The quantitative estimate of drug-likeness (QED) is 0.564.